The summed E-state index contributed by atoms with van der Waals surface area (Å²) in [5, 5.41) is 6.29. The fraction of sp³-hybridized carbons (Fsp3) is 0.118. The fourth-order valence-corrected chi connectivity index (χ4v) is 4.18. The summed E-state index contributed by atoms with van der Waals surface area (Å²) in [6, 6.07) is 10.9. The van der Waals surface area contributed by atoms with Crippen molar-refractivity contribution in [1.82, 2.24) is 14.4 Å². The zero-order valence-corrected chi connectivity index (χ0v) is 17.2. The second-order valence-electron chi connectivity index (χ2n) is 5.91. The Bertz CT molecular complexity index is 1200. The van der Waals surface area contributed by atoms with E-state index in [1.165, 1.54) is 32.3 Å². The van der Waals surface area contributed by atoms with Gasteiger partial charge in [-0.05, 0) is 46.3 Å². The number of benzene rings is 2. The van der Waals surface area contributed by atoms with E-state index >= 15 is 0 Å². The van der Waals surface area contributed by atoms with Crippen molar-refractivity contribution in [2.75, 3.05) is 19.4 Å². The summed E-state index contributed by atoms with van der Waals surface area (Å²) in [7, 11) is -0.901. The molecule has 3 rings (SSSR count). The highest BCUT2D eigenvalue weighted by Crippen LogP contribution is 2.26. The molecule has 0 aliphatic carbocycles. The van der Waals surface area contributed by atoms with E-state index < -0.39 is 21.7 Å². The van der Waals surface area contributed by atoms with Gasteiger partial charge in [-0.15, -0.1) is 0 Å². The summed E-state index contributed by atoms with van der Waals surface area (Å²) in [6.45, 7) is 0. The molecule has 1 heterocycles. The zero-order chi connectivity index (χ0) is 20.5. The van der Waals surface area contributed by atoms with Gasteiger partial charge in [-0.1, -0.05) is 17.3 Å². The second kappa shape index (κ2) is 7.70. The first-order chi connectivity index (χ1) is 13.2. The monoisotopic (exact) mass is 466 g/mol. The molecule has 0 spiro atoms. The van der Waals surface area contributed by atoms with Crippen LogP contribution < -0.4 is 11.1 Å². The molecule has 0 saturated heterocycles. The zero-order valence-electron chi connectivity index (χ0n) is 14.8. The average molecular weight is 467 g/mol. The van der Waals surface area contributed by atoms with Crippen molar-refractivity contribution in [3.63, 3.8) is 0 Å². The predicted octanol–water partition coefficient (Wildman–Crippen LogP) is 2.30. The summed E-state index contributed by atoms with van der Waals surface area (Å²) in [5.74, 6) is -0.952. The van der Waals surface area contributed by atoms with Gasteiger partial charge in [0.25, 0.3) is 5.91 Å². The molecule has 1 aromatic heterocycles. The van der Waals surface area contributed by atoms with E-state index in [4.69, 9.17) is 0 Å². The quantitative estimate of drug-likeness (QED) is 0.593. The lowest BCUT2D eigenvalue weighted by Crippen LogP contribution is -2.23. The topological polar surface area (TPSA) is 125 Å². The van der Waals surface area contributed by atoms with Gasteiger partial charge in [0.2, 0.25) is 10.0 Å². The normalized spacial score (nSPS) is 11.6. The molecule has 0 bridgehead atoms. The molecule has 146 valence electrons. The number of sulfonamides is 1. The van der Waals surface area contributed by atoms with Crippen LogP contribution >= 0.6 is 15.9 Å². The number of nitrogens with zero attached hydrogens (tertiary/aromatic N) is 2. The molecule has 28 heavy (non-hydrogen) atoms. The van der Waals surface area contributed by atoms with Gasteiger partial charge in [0, 0.05) is 35.4 Å². The number of carbonyl (C=O) groups is 1. The minimum Gasteiger partial charge on any atom is -0.322 e. The van der Waals surface area contributed by atoms with E-state index in [0.29, 0.717) is 15.7 Å². The van der Waals surface area contributed by atoms with Crippen molar-refractivity contribution in [2.45, 2.75) is 4.90 Å². The number of carbonyl (C=O) groups excluding carboxylic acids is 1. The molecule has 0 aliphatic heterocycles. The maximum absolute atomic E-state index is 12.6. The molecule has 0 unspecified atom stereocenters. The Labute approximate surface area is 168 Å². The minimum atomic E-state index is -3.72. The smallest absolute Gasteiger partial charge is 0.322 e. The van der Waals surface area contributed by atoms with Gasteiger partial charge in [0.1, 0.15) is 0 Å². The molecular formula is C17H15BrN4O5S. The van der Waals surface area contributed by atoms with Crippen molar-refractivity contribution in [3.05, 3.63) is 63.1 Å². The van der Waals surface area contributed by atoms with E-state index in [0.717, 1.165) is 4.31 Å². The van der Waals surface area contributed by atoms with Crippen LogP contribution in [0.4, 0.5) is 5.69 Å². The Morgan fingerprint density at radius 2 is 1.96 bits per heavy atom. The van der Waals surface area contributed by atoms with Gasteiger partial charge in [0.05, 0.1) is 4.90 Å². The lowest BCUT2D eigenvalue weighted by atomic mass is 10.1. The number of rotatable bonds is 5. The Kier molecular flexibility index (Phi) is 5.49. The summed E-state index contributed by atoms with van der Waals surface area (Å²) in [6.07, 6.45) is 0. The van der Waals surface area contributed by atoms with Crippen molar-refractivity contribution in [2.24, 2.45) is 0 Å². The number of amides is 1. The minimum absolute atomic E-state index is 0.0147. The predicted molar refractivity (Wildman–Crippen MR) is 106 cm³/mol. The van der Waals surface area contributed by atoms with Crippen LogP contribution in [0.1, 0.15) is 10.4 Å². The lowest BCUT2D eigenvalue weighted by Gasteiger charge is -2.14. The third kappa shape index (κ3) is 4.06. The van der Waals surface area contributed by atoms with Crippen LogP contribution in [0.5, 0.6) is 0 Å². The highest BCUT2D eigenvalue weighted by atomic mass is 79.9. The summed E-state index contributed by atoms with van der Waals surface area (Å²) in [5.41, 5.74) is 1.14. The molecular weight excluding hydrogens is 452 g/mol. The number of anilines is 1. The Balaban J connectivity index is 1.89. The van der Waals surface area contributed by atoms with E-state index in [2.05, 4.69) is 35.9 Å². The maximum atomic E-state index is 12.6. The van der Waals surface area contributed by atoms with Crippen LogP contribution in [0.15, 0.2) is 61.2 Å². The van der Waals surface area contributed by atoms with Crippen LogP contribution in [-0.4, -0.2) is 42.9 Å². The van der Waals surface area contributed by atoms with Crippen LogP contribution in [0.25, 0.3) is 11.4 Å². The first kappa shape index (κ1) is 20.0. The SMILES string of the molecule is CN(C)S(=O)(=O)c1cc(C(=O)Nc2cccc(-c3noc(=O)[nH]3)c2)ccc1Br. The molecule has 0 aliphatic rings. The van der Waals surface area contributed by atoms with Gasteiger partial charge < -0.3 is 5.32 Å². The third-order valence-electron chi connectivity index (χ3n) is 3.79. The Morgan fingerprint density at radius 3 is 2.61 bits per heavy atom. The van der Waals surface area contributed by atoms with E-state index in [1.807, 2.05) is 0 Å². The van der Waals surface area contributed by atoms with Crippen LogP contribution in [-0.2, 0) is 10.0 Å². The number of H-pyrrole nitrogens is 1. The third-order valence-corrected chi connectivity index (χ3v) is 6.60. The van der Waals surface area contributed by atoms with E-state index in [1.54, 1.807) is 24.3 Å². The molecule has 0 atom stereocenters. The summed E-state index contributed by atoms with van der Waals surface area (Å²) < 4.78 is 30.7. The van der Waals surface area contributed by atoms with Crippen molar-refractivity contribution in [1.29, 1.82) is 0 Å². The molecule has 1 amide bonds. The van der Waals surface area contributed by atoms with Gasteiger partial charge in [-0.2, -0.15) is 0 Å². The highest BCUT2D eigenvalue weighted by Gasteiger charge is 2.22. The second-order valence-corrected chi connectivity index (χ2v) is 8.89. The number of aromatic amines is 1. The van der Waals surface area contributed by atoms with Crippen LogP contribution in [0.2, 0.25) is 0 Å². The average Bonchev–Trinajstić information content (AvgIpc) is 3.08. The van der Waals surface area contributed by atoms with Crippen LogP contribution in [0, 0.1) is 0 Å². The highest BCUT2D eigenvalue weighted by molar-refractivity contribution is 9.10. The molecule has 9 nitrogen and oxygen atoms in total. The molecule has 2 aromatic carbocycles. The number of nitrogens with one attached hydrogen (secondary N) is 2. The Hall–Kier alpha value is -2.76. The molecule has 3 aromatic rings. The fourth-order valence-electron chi connectivity index (χ4n) is 2.34. The lowest BCUT2D eigenvalue weighted by molar-refractivity contribution is 0.102. The van der Waals surface area contributed by atoms with Crippen molar-refractivity contribution in [3.8, 4) is 11.4 Å². The number of aromatic nitrogens is 2. The van der Waals surface area contributed by atoms with Crippen LogP contribution in [0.3, 0.4) is 0 Å². The molecule has 11 heteroatoms. The molecule has 0 radical (unpaired) electrons. The standard InChI is InChI=1S/C17H15BrN4O5S/c1-22(2)28(25,26)14-9-11(6-7-13(14)18)16(23)19-12-5-3-4-10(8-12)15-20-17(24)27-21-15/h3-9H,1-2H3,(H,19,23)(H,20,21,24). The summed E-state index contributed by atoms with van der Waals surface area (Å²) in [4.78, 5) is 26.1. The summed E-state index contributed by atoms with van der Waals surface area (Å²) >= 11 is 3.21. The first-order valence-corrected chi connectivity index (χ1v) is 10.1. The van der Waals surface area contributed by atoms with Gasteiger partial charge in [0.15, 0.2) is 5.82 Å². The van der Waals surface area contributed by atoms with E-state index in [9.17, 15) is 18.0 Å². The molecule has 2 N–H and O–H groups in total. The van der Waals surface area contributed by atoms with Gasteiger partial charge in [-0.3, -0.25) is 14.3 Å². The maximum Gasteiger partial charge on any atom is 0.439 e. The van der Waals surface area contributed by atoms with Gasteiger partial charge >= 0.3 is 5.76 Å². The Morgan fingerprint density at radius 1 is 1.21 bits per heavy atom. The number of hydrogen-bond donors (Lipinski definition) is 2. The van der Waals surface area contributed by atoms with Gasteiger partial charge in [-0.25, -0.2) is 17.5 Å². The first-order valence-electron chi connectivity index (χ1n) is 7.88. The largest absolute Gasteiger partial charge is 0.439 e. The molecule has 0 fully saturated rings. The number of hydrogen-bond acceptors (Lipinski definition) is 6. The van der Waals surface area contributed by atoms with E-state index in [-0.39, 0.29) is 16.3 Å². The van der Waals surface area contributed by atoms with Crippen molar-refractivity contribution >= 4 is 37.5 Å². The molecule has 0 saturated carbocycles. The number of halogens is 1. The van der Waals surface area contributed by atoms with Crippen molar-refractivity contribution < 1.29 is 17.7 Å².